The van der Waals surface area contributed by atoms with Crippen LogP contribution in [0.5, 0.6) is 0 Å². The number of piperazine rings is 1. The number of rotatable bonds is 4. The van der Waals surface area contributed by atoms with E-state index in [1.165, 1.54) is 0 Å². The van der Waals surface area contributed by atoms with E-state index in [0.29, 0.717) is 38.5 Å². The minimum absolute atomic E-state index is 0.241. The lowest BCUT2D eigenvalue weighted by Gasteiger charge is -2.35. The number of hydrogen-bond donors (Lipinski definition) is 1. The molecule has 3 rings (SSSR count). The van der Waals surface area contributed by atoms with Crippen LogP contribution >= 0.6 is 0 Å². The van der Waals surface area contributed by atoms with Gasteiger partial charge in [-0.15, -0.1) is 0 Å². The van der Waals surface area contributed by atoms with E-state index >= 15 is 0 Å². The van der Waals surface area contributed by atoms with Crippen molar-refractivity contribution in [1.82, 2.24) is 9.88 Å². The zero-order valence-electron chi connectivity index (χ0n) is 14.7. The van der Waals surface area contributed by atoms with Gasteiger partial charge in [-0.05, 0) is 31.2 Å². The Labute approximate surface area is 152 Å². The number of para-hydroxylation sites is 1. The van der Waals surface area contributed by atoms with Crippen LogP contribution in [0.1, 0.15) is 17.4 Å². The van der Waals surface area contributed by atoms with Crippen molar-refractivity contribution >= 4 is 23.4 Å². The number of amides is 2. The van der Waals surface area contributed by atoms with Gasteiger partial charge in [0.05, 0.1) is 18.5 Å². The molecule has 1 aliphatic rings. The number of benzene rings is 1. The fraction of sp³-hybridized carbons (Fsp3) is 0.316. The third-order valence-electron chi connectivity index (χ3n) is 4.18. The van der Waals surface area contributed by atoms with Gasteiger partial charge in [-0.1, -0.05) is 18.2 Å². The summed E-state index contributed by atoms with van der Waals surface area (Å²) in [4.78, 5) is 32.1. The predicted molar refractivity (Wildman–Crippen MR) is 99.4 cm³/mol. The summed E-state index contributed by atoms with van der Waals surface area (Å²) in [7, 11) is 0. The normalized spacial score (nSPS) is 14.0. The van der Waals surface area contributed by atoms with E-state index in [1.54, 1.807) is 24.1 Å². The van der Waals surface area contributed by atoms with E-state index in [2.05, 4.69) is 15.2 Å². The summed E-state index contributed by atoms with van der Waals surface area (Å²) < 4.78 is 5.02. The first kappa shape index (κ1) is 17.7. The summed E-state index contributed by atoms with van der Waals surface area (Å²) in [6, 6.07) is 12.9. The molecular weight excluding hydrogens is 332 g/mol. The largest absolute Gasteiger partial charge is 0.450 e. The molecule has 0 aliphatic carbocycles. The number of anilines is 2. The maximum absolute atomic E-state index is 12.2. The zero-order valence-corrected chi connectivity index (χ0v) is 14.7. The van der Waals surface area contributed by atoms with Gasteiger partial charge in [0.15, 0.2) is 0 Å². The molecule has 1 aromatic carbocycles. The molecule has 0 spiro atoms. The van der Waals surface area contributed by atoms with Crippen LogP contribution in [0, 0.1) is 0 Å². The molecule has 2 heterocycles. The van der Waals surface area contributed by atoms with E-state index in [4.69, 9.17) is 4.74 Å². The highest BCUT2D eigenvalue weighted by molar-refractivity contribution is 6.02. The van der Waals surface area contributed by atoms with Crippen molar-refractivity contribution in [3.8, 4) is 0 Å². The second-order valence-electron chi connectivity index (χ2n) is 5.89. The Bertz CT molecular complexity index is 741. The summed E-state index contributed by atoms with van der Waals surface area (Å²) in [5.41, 5.74) is 2.03. The third-order valence-corrected chi connectivity index (χ3v) is 4.18. The van der Waals surface area contributed by atoms with Crippen LogP contribution in [-0.4, -0.2) is 54.7 Å². The van der Waals surface area contributed by atoms with E-state index in [-0.39, 0.29) is 12.0 Å². The van der Waals surface area contributed by atoms with Gasteiger partial charge in [-0.25, -0.2) is 9.78 Å². The van der Waals surface area contributed by atoms with Crippen molar-refractivity contribution < 1.29 is 14.3 Å². The molecule has 7 nitrogen and oxygen atoms in total. The molecule has 1 N–H and O–H groups in total. The highest BCUT2D eigenvalue weighted by atomic mass is 16.6. The summed E-state index contributed by atoms with van der Waals surface area (Å²) in [5, 5.41) is 2.81. The standard InChI is InChI=1S/C19H22N4O3/c1-2-26-19(25)23-12-10-22(11-13-23)16-8-9-17(20-14-16)18(24)21-15-6-4-3-5-7-15/h3-9,14H,2,10-13H2,1H3,(H,21,24). The van der Waals surface area contributed by atoms with E-state index in [0.717, 1.165) is 11.4 Å². The van der Waals surface area contributed by atoms with Gasteiger partial charge in [0, 0.05) is 31.9 Å². The van der Waals surface area contributed by atoms with E-state index < -0.39 is 0 Å². The Morgan fingerprint density at radius 3 is 2.42 bits per heavy atom. The van der Waals surface area contributed by atoms with Crippen molar-refractivity contribution in [2.45, 2.75) is 6.92 Å². The van der Waals surface area contributed by atoms with Crippen molar-refractivity contribution in [3.63, 3.8) is 0 Å². The number of carbonyl (C=O) groups is 2. The summed E-state index contributed by atoms with van der Waals surface area (Å²) in [5.74, 6) is -0.241. The van der Waals surface area contributed by atoms with Gasteiger partial charge < -0.3 is 19.9 Å². The smallest absolute Gasteiger partial charge is 0.409 e. The Kier molecular flexibility index (Phi) is 5.68. The quantitative estimate of drug-likeness (QED) is 0.913. The van der Waals surface area contributed by atoms with E-state index in [1.807, 2.05) is 36.4 Å². The monoisotopic (exact) mass is 354 g/mol. The lowest BCUT2D eigenvalue weighted by Crippen LogP contribution is -2.49. The Balaban J connectivity index is 1.56. The van der Waals surface area contributed by atoms with Gasteiger partial charge in [-0.3, -0.25) is 4.79 Å². The van der Waals surface area contributed by atoms with Crippen LogP contribution in [0.2, 0.25) is 0 Å². The maximum Gasteiger partial charge on any atom is 0.409 e. The van der Waals surface area contributed by atoms with Crippen molar-refractivity contribution in [3.05, 3.63) is 54.4 Å². The minimum Gasteiger partial charge on any atom is -0.450 e. The number of pyridine rings is 1. The first-order valence-corrected chi connectivity index (χ1v) is 8.66. The average Bonchev–Trinajstić information content (AvgIpc) is 2.69. The van der Waals surface area contributed by atoms with E-state index in [9.17, 15) is 9.59 Å². The summed E-state index contributed by atoms with van der Waals surface area (Å²) in [6.07, 6.45) is 1.43. The van der Waals surface area contributed by atoms with Crippen LogP contribution in [0.4, 0.5) is 16.2 Å². The highest BCUT2D eigenvalue weighted by Crippen LogP contribution is 2.17. The molecule has 26 heavy (non-hydrogen) atoms. The summed E-state index contributed by atoms with van der Waals surface area (Å²) in [6.45, 7) is 4.81. The fourth-order valence-electron chi connectivity index (χ4n) is 2.79. The number of ether oxygens (including phenoxy) is 1. The first-order chi connectivity index (χ1) is 12.7. The molecule has 0 bridgehead atoms. The predicted octanol–water partition coefficient (Wildman–Crippen LogP) is 2.61. The van der Waals surface area contributed by atoms with Gasteiger partial charge in [0.2, 0.25) is 0 Å². The first-order valence-electron chi connectivity index (χ1n) is 8.66. The lowest BCUT2D eigenvalue weighted by atomic mass is 10.2. The van der Waals surface area contributed by atoms with Gasteiger partial charge in [0.1, 0.15) is 5.69 Å². The Morgan fingerprint density at radius 1 is 1.08 bits per heavy atom. The molecule has 0 saturated carbocycles. The molecule has 7 heteroatoms. The van der Waals surface area contributed by atoms with Crippen molar-refractivity contribution in [2.24, 2.45) is 0 Å². The molecule has 1 aliphatic heterocycles. The van der Waals surface area contributed by atoms with Crippen molar-refractivity contribution in [2.75, 3.05) is 43.0 Å². The fourth-order valence-corrected chi connectivity index (χ4v) is 2.79. The minimum atomic E-state index is -0.266. The van der Waals surface area contributed by atoms with Gasteiger partial charge >= 0.3 is 6.09 Å². The number of nitrogens with one attached hydrogen (secondary N) is 1. The Morgan fingerprint density at radius 2 is 1.81 bits per heavy atom. The van der Waals surface area contributed by atoms with Crippen molar-refractivity contribution in [1.29, 1.82) is 0 Å². The average molecular weight is 354 g/mol. The van der Waals surface area contributed by atoms with Crippen LogP contribution in [0.3, 0.4) is 0 Å². The molecule has 1 fully saturated rings. The molecule has 0 atom stereocenters. The molecule has 1 aromatic heterocycles. The molecule has 2 aromatic rings. The maximum atomic E-state index is 12.2. The highest BCUT2D eigenvalue weighted by Gasteiger charge is 2.22. The second-order valence-corrected chi connectivity index (χ2v) is 5.89. The van der Waals surface area contributed by atoms with Crippen LogP contribution in [0.15, 0.2) is 48.7 Å². The van der Waals surface area contributed by atoms with Gasteiger partial charge in [0.25, 0.3) is 5.91 Å². The molecule has 136 valence electrons. The number of aromatic nitrogens is 1. The van der Waals surface area contributed by atoms with Crippen LogP contribution in [0.25, 0.3) is 0 Å². The van der Waals surface area contributed by atoms with Gasteiger partial charge in [-0.2, -0.15) is 0 Å². The molecule has 1 saturated heterocycles. The topological polar surface area (TPSA) is 74.8 Å². The zero-order chi connectivity index (χ0) is 18.4. The van der Waals surface area contributed by atoms with Crippen LogP contribution in [-0.2, 0) is 4.74 Å². The third kappa shape index (κ3) is 4.30. The second kappa shape index (κ2) is 8.33. The van der Waals surface area contributed by atoms with Crippen LogP contribution < -0.4 is 10.2 Å². The SMILES string of the molecule is CCOC(=O)N1CCN(c2ccc(C(=O)Nc3ccccc3)nc2)CC1. The number of nitrogens with zero attached hydrogens (tertiary/aromatic N) is 3. The number of carbonyl (C=O) groups excluding carboxylic acids is 2. The summed E-state index contributed by atoms with van der Waals surface area (Å²) >= 11 is 0. The molecule has 0 unspecified atom stereocenters. The molecule has 0 radical (unpaired) electrons. The Hall–Kier alpha value is -3.09. The number of hydrogen-bond acceptors (Lipinski definition) is 5. The molecular formula is C19H22N4O3. The molecule has 2 amide bonds. The lowest BCUT2D eigenvalue weighted by molar-refractivity contribution is 0.101.